The van der Waals surface area contributed by atoms with Gasteiger partial charge in [-0.05, 0) is 55.1 Å². The normalized spacial score (nSPS) is 15.3. The zero-order valence-electron chi connectivity index (χ0n) is 20.1. The third-order valence-corrected chi connectivity index (χ3v) is 9.01. The minimum absolute atomic E-state index is 0.188. The third kappa shape index (κ3) is 4.87. The fourth-order valence-corrected chi connectivity index (χ4v) is 6.90. The fraction of sp³-hybridized carbons (Fsp3) is 0.241. The Balaban J connectivity index is 1.49. The summed E-state index contributed by atoms with van der Waals surface area (Å²) in [5.74, 6) is 0.313. The summed E-state index contributed by atoms with van der Waals surface area (Å²) in [6.07, 6.45) is 7.12. The van der Waals surface area contributed by atoms with Crippen LogP contribution in [0.5, 0.6) is 0 Å². The maximum absolute atomic E-state index is 13.2. The number of H-pyrrole nitrogens is 1. The minimum Gasteiger partial charge on any atom is -0.616 e. The number of rotatable bonds is 5. The largest absolute Gasteiger partial charge is 0.616 e. The average Bonchev–Trinajstić information content (AvgIpc) is 2.93. The predicted octanol–water partition coefficient (Wildman–Crippen LogP) is 6.44. The van der Waals surface area contributed by atoms with E-state index in [1.54, 1.807) is 6.20 Å². The Labute approximate surface area is 222 Å². The molecule has 1 atom stereocenters. The van der Waals surface area contributed by atoms with Gasteiger partial charge in [-0.2, -0.15) is 0 Å². The van der Waals surface area contributed by atoms with E-state index in [-0.39, 0.29) is 16.2 Å². The van der Waals surface area contributed by atoms with E-state index >= 15 is 0 Å². The van der Waals surface area contributed by atoms with Crippen LogP contribution in [-0.2, 0) is 16.9 Å². The van der Waals surface area contributed by atoms with Crippen LogP contribution >= 0.6 is 11.6 Å². The molecule has 5 aromatic rings. The highest BCUT2D eigenvalue weighted by Crippen LogP contribution is 2.34. The molecule has 0 radical (unpaired) electrons. The van der Waals surface area contributed by atoms with Crippen molar-refractivity contribution in [1.82, 2.24) is 19.9 Å². The van der Waals surface area contributed by atoms with Gasteiger partial charge in [0, 0.05) is 28.8 Å². The number of aromatic nitrogens is 4. The molecule has 3 aromatic heterocycles. The minimum atomic E-state index is -1.04. The van der Waals surface area contributed by atoms with Crippen molar-refractivity contribution in [3.63, 3.8) is 0 Å². The number of pyridine rings is 2. The molecule has 3 heterocycles. The Kier molecular flexibility index (Phi) is 6.67. The van der Waals surface area contributed by atoms with E-state index in [9.17, 15) is 9.35 Å². The molecule has 37 heavy (non-hydrogen) atoms. The van der Waals surface area contributed by atoms with Gasteiger partial charge in [-0.3, -0.25) is 9.78 Å². The molecule has 186 valence electrons. The molecule has 6 rings (SSSR count). The highest BCUT2D eigenvalue weighted by molar-refractivity contribution is 7.91. The lowest BCUT2D eigenvalue weighted by molar-refractivity contribution is 0.483. The van der Waals surface area contributed by atoms with Crippen molar-refractivity contribution in [2.75, 3.05) is 0 Å². The first-order valence-corrected chi connectivity index (χ1v) is 14.2. The van der Waals surface area contributed by atoms with E-state index < -0.39 is 11.2 Å². The van der Waals surface area contributed by atoms with Gasteiger partial charge in [0.15, 0.2) is 11.2 Å². The molecular weight excluding hydrogens is 504 g/mol. The zero-order valence-corrected chi connectivity index (χ0v) is 21.7. The Morgan fingerprint density at radius 2 is 1.70 bits per heavy atom. The second-order valence-electron chi connectivity index (χ2n) is 9.46. The first kappa shape index (κ1) is 24.1. The summed E-state index contributed by atoms with van der Waals surface area (Å²) in [5, 5.41) is 1.57. The van der Waals surface area contributed by atoms with Gasteiger partial charge < -0.3 is 9.54 Å². The van der Waals surface area contributed by atoms with Crippen LogP contribution in [0.3, 0.4) is 0 Å². The van der Waals surface area contributed by atoms with Crippen LogP contribution in [0.15, 0.2) is 71.7 Å². The molecule has 1 fully saturated rings. The summed E-state index contributed by atoms with van der Waals surface area (Å²) in [7, 11) is 0. The SMILES string of the molecule is O=c1cc(C[S+]([O-])C2CCCCC2)[nH]c2nc(-c3ccccc3)c(-c3cc(Cl)c4ncccc4c3)nc12. The monoisotopic (exact) mass is 528 g/mol. The first-order chi connectivity index (χ1) is 18.1. The van der Waals surface area contributed by atoms with Crippen molar-refractivity contribution >= 4 is 44.8 Å². The van der Waals surface area contributed by atoms with Gasteiger partial charge in [0.05, 0.1) is 27.6 Å². The lowest BCUT2D eigenvalue weighted by Gasteiger charge is -2.25. The molecule has 0 saturated heterocycles. The van der Waals surface area contributed by atoms with Gasteiger partial charge in [-0.25, -0.2) is 9.97 Å². The lowest BCUT2D eigenvalue weighted by atomic mass is 10.0. The molecule has 1 aliphatic rings. The van der Waals surface area contributed by atoms with Crippen LogP contribution in [0.25, 0.3) is 44.6 Å². The van der Waals surface area contributed by atoms with Crippen LogP contribution < -0.4 is 5.43 Å². The van der Waals surface area contributed by atoms with E-state index in [0.717, 1.165) is 42.2 Å². The Hall–Kier alpha value is -3.26. The highest BCUT2D eigenvalue weighted by atomic mass is 35.5. The second-order valence-corrected chi connectivity index (χ2v) is 11.6. The Morgan fingerprint density at radius 1 is 0.919 bits per heavy atom. The van der Waals surface area contributed by atoms with Crippen LogP contribution in [0.1, 0.15) is 37.8 Å². The van der Waals surface area contributed by atoms with Crippen molar-refractivity contribution in [2.45, 2.75) is 43.1 Å². The second kappa shape index (κ2) is 10.2. The van der Waals surface area contributed by atoms with Crippen molar-refractivity contribution in [1.29, 1.82) is 0 Å². The third-order valence-electron chi connectivity index (χ3n) is 6.91. The predicted molar refractivity (Wildman–Crippen MR) is 150 cm³/mol. The standard InChI is InChI=1S/C29H25ClN4O2S/c30-23-15-20(14-19-10-7-13-31-25(19)23)27-26(18-8-3-1-4-9-18)34-29-28(33-27)24(35)16-21(32-29)17-37(36)22-11-5-2-6-12-22/h1,3-4,7-10,13-16,22H,2,5-6,11-12,17H2,(H,32,34,35). The number of nitrogens with one attached hydrogen (secondary N) is 1. The van der Waals surface area contributed by atoms with Gasteiger partial charge in [0.25, 0.3) is 0 Å². The molecule has 0 spiro atoms. The van der Waals surface area contributed by atoms with Crippen LogP contribution in [0, 0.1) is 0 Å². The molecule has 1 N–H and O–H groups in total. The number of aromatic amines is 1. The Morgan fingerprint density at radius 3 is 2.51 bits per heavy atom. The van der Waals surface area contributed by atoms with Crippen molar-refractivity contribution in [2.24, 2.45) is 0 Å². The molecule has 0 amide bonds. The van der Waals surface area contributed by atoms with Gasteiger partial charge in [-0.15, -0.1) is 0 Å². The molecular formula is C29H25ClN4O2S. The lowest BCUT2D eigenvalue weighted by Crippen LogP contribution is -2.26. The number of halogens is 1. The van der Waals surface area contributed by atoms with E-state index in [4.69, 9.17) is 21.6 Å². The van der Waals surface area contributed by atoms with Crippen LogP contribution in [0.4, 0.5) is 0 Å². The average molecular weight is 529 g/mol. The van der Waals surface area contributed by atoms with E-state index in [1.807, 2.05) is 54.6 Å². The van der Waals surface area contributed by atoms with E-state index in [0.29, 0.717) is 39.0 Å². The summed E-state index contributed by atoms with van der Waals surface area (Å²) >= 11 is 5.55. The number of benzene rings is 2. The maximum atomic E-state index is 13.2. The summed E-state index contributed by atoms with van der Waals surface area (Å²) in [4.78, 5) is 30.6. The Bertz CT molecular complexity index is 1650. The zero-order chi connectivity index (χ0) is 25.4. The summed E-state index contributed by atoms with van der Waals surface area (Å²) < 4.78 is 13.0. The number of hydrogen-bond acceptors (Lipinski definition) is 5. The molecule has 1 aliphatic carbocycles. The topological polar surface area (TPSA) is 94.6 Å². The van der Waals surface area contributed by atoms with Gasteiger partial charge in [-0.1, -0.05) is 54.4 Å². The van der Waals surface area contributed by atoms with Crippen molar-refractivity contribution in [3.05, 3.63) is 87.8 Å². The van der Waals surface area contributed by atoms with Gasteiger partial charge >= 0.3 is 0 Å². The molecule has 0 bridgehead atoms. The van der Waals surface area contributed by atoms with Gasteiger partial charge in [0.2, 0.25) is 5.43 Å². The van der Waals surface area contributed by atoms with Crippen LogP contribution in [0.2, 0.25) is 5.02 Å². The molecule has 2 aromatic carbocycles. The van der Waals surface area contributed by atoms with Gasteiger partial charge in [0.1, 0.15) is 11.0 Å². The molecule has 6 nitrogen and oxygen atoms in total. The van der Waals surface area contributed by atoms with E-state index in [1.165, 1.54) is 12.5 Å². The number of fused-ring (bicyclic) bond motifs is 2. The summed E-state index contributed by atoms with van der Waals surface area (Å²) in [5.41, 5.74) is 4.53. The van der Waals surface area contributed by atoms with Crippen molar-refractivity contribution < 1.29 is 4.55 Å². The maximum Gasteiger partial charge on any atom is 0.209 e. The molecule has 1 unspecified atom stereocenters. The van der Waals surface area contributed by atoms with Crippen LogP contribution in [-0.4, -0.2) is 29.7 Å². The highest BCUT2D eigenvalue weighted by Gasteiger charge is 2.26. The van der Waals surface area contributed by atoms with Crippen molar-refractivity contribution in [3.8, 4) is 22.5 Å². The quantitative estimate of drug-likeness (QED) is 0.265. The first-order valence-electron chi connectivity index (χ1n) is 12.5. The number of nitrogens with zero attached hydrogens (tertiary/aromatic N) is 3. The number of hydrogen-bond donors (Lipinski definition) is 1. The summed E-state index contributed by atoms with van der Waals surface area (Å²) in [6.45, 7) is 0. The molecule has 0 aliphatic heterocycles. The van der Waals surface area contributed by atoms with E-state index in [2.05, 4.69) is 9.97 Å². The molecule has 1 saturated carbocycles. The molecule has 8 heteroatoms. The fourth-order valence-electron chi connectivity index (χ4n) is 5.07. The smallest absolute Gasteiger partial charge is 0.209 e. The summed E-state index contributed by atoms with van der Waals surface area (Å²) in [6, 6.07) is 18.8.